The van der Waals surface area contributed by atoms with E-state index in [9.17, 15) is 19.2 Å². The second-order valence-electron chi connectivity index (χ2n) is 8.44. The molecule has 0 saturated heterocycles. The second kappa shape index (κ2) is 10.1. The zero-order chi connectivity index (χ0) is 26.1. The molecule has 1 aliphatic heterocycles. The van der Waals surface area contributed by atoms with Crippen LogP contribution >= 0.6 is 23.2 Å². The van der Waals surface area contributed by atoms with Crippen LogP contribution in [0.4, 0.5) is 5.69 Å². The number of fused-ring (bicyclic) bond motifs is 1. The molecule has 184 valence electrons. The molecule has 0 radical (unpaired) electrons. The lowest BCUT2D eigenvalue weighted by atomic mass is 10.1. The fourth-order valence-electron chi connectivity index (χ4n) is 4.05. The second-order valence-corrected chi connectivity index (χ2v) is 9.28. The number of halogens is 2. The number of aryl methyl sites for hydroxylation is 2. The number of ether oxygens (including phenoxy) is 1. The Morgan fingerprint density at radius 2 is 1.47 bits per heavy atom. The van der Waals surface area contributed by atoms with Gasteiger partial charge in [-0.05, 0) is 56.2 Å². The predicted molar refractivity (Wildman–Crippen MR) is 136 cm³/mol. The lowest BCUT2D eigenvalue weighted by molar-refractivity contribution is -0.158. The van der Waals surface area contributed by atoms with Gasteiger partial charge in [-0.2, -0.15) is 0 Å². The maximum atomic E-state index is 13.4. The summed E-state index contributed by atoms with van der Waals surface area (Å²) in [5.74, 6) is -2.82. The van der Waals surface area contributed by atoms with Gasteiger partial charge in [-0.25, -0.2) is 4.79 Å². The van der Waals surface area contributed by atoms with Gasteiger partial charge in [0, 0.05) is 21.3 Å². The third-order valence-corrected chi connectivity index (χ3v) is 6.56. The van der Waals surface area contributed by atoms with Crippen molar-refractivity contribution < 1.29 is 23.9 Å². The molecule has 0 saturated carbocycles. The van der Waals surface area contributed by atoms with E-state index in [-0.39, 0.29) is 21.7 Å². The molecule has 0 bridgehead atoms. The maximum absolute atomic E-state index is 13.4. The SMILES string of the molecule is Cc1cccc(C)c1NC(=O)C(OC(=O)C(C)N1C(=O)c2ccccc2C1=O)c1ccc(Cl)cc1Cl. The van der Waals surface area contributed by atoms with Crippen LogP contribution in [0.3, 0.4) is 0 Å². The summed E-state index contributed by atoms with van der Waals surface area (Å²) in [5.41, 5.74) is 2.80. The predicted octanol–water partition coefficient (Wildman–Crippen LogP) is 5.52. The van der Waals surface area contributed by atoms with E-state index in [1.165, 1.54) is 37.3 Å². The minimum Gasteiger partial charge on any atom is -0.446 e. The monoisotopic (exact) mass is 524 g/mol. The van der Waals surface area contributed by atoms with Crippen LogP contribution in [0.5, 0.6) is 0 Å². The number of nitrogens with one attached hydrogen (secondary N) is 1. The molecule has 1 heterocycles. The normalized spacial score (nSPS) is 14.3. The summed E-state index contributed by atoms with van der Waals surface area (Å²) < 4.78 is 5.62. The Kier molecular flexibility index (Phi) is 7.15. The fraction of sp³-hybridized carbons (Fsp3) is 0.185. The van der Waals surface area contributed by atoms with Crippen LogP contribution in [-0.2, 0) is 14.3 Å². The molecule has 3 aromatic carbocycles. The van der Waals surface area contributed by atoms with E-state index in [2.05, 4.69) is 5.32 Å². The number of para-hydroxylation sites is 1. The van der Waals surface area contributed by atoms with E-state index in [0.29, 0.717) is 10.7 Å². The van der Waals surface area contributed by atoms with Crippen molar-refractivity contribution in [1.82, 2.24) is 4.90 Å². The molecule has 0 fully saturated rings. The van der Waals surface area contributed by atoms with Crippen molar-refractivity contribution in [3.63, 3.8) is 0 Å². The van der Waals surface area contributed by atoms with Crippen molar-refractivity contribution in [1.29, 1.82) is 0 Å². The number of anilines is 1. The number of carbonyl (C=O) groups is 4. The van der Waals surface area contributed by atoms with Crippen LogP contribution in [0.25, 0.3) is 0 Å². The molecular formula is C27H22Cl2N2O5. The summed E-state index contributed by atoms with van der Waals surface area (Å²) in [5, 5.41) is 3.26. The van der Waals surface area contributed by atoms with Gasteiger partial charge in [-0.3, -0.25) is 19.3 Å². The van der Waals surface area contributed by atoms with E-state index < -0.39 is 35.8 Å². The minimum absolute atomic E-state index is 0.116. The molecule has 1 aliphatic rings. The van der Waals surface area contributed by atoms with Crippen molar-refractivity contribution >= 4 is 52.6 Å². The van der Waals surface area contributed by atoms with Crippen molar-refractivity contribution in [2.24, 2.45) is 0 Å². The first-order chi connectivity index (χ1) is 17.1. The number of rotatable bonds is 6. The summed E-state index contributed by atoms with van der Waals surface area (Å²) in [6.45, 7) is 5.04. The number of amides is 3. The lowest BCUT2D eigenvalue weighted by Crippen LogP contribution is -2.44. The van der Waals surface area contributed by atoms with Crippen molar-refractivity contribution in [2.45, 2.75) is 32.9 Å². The molecule has 0 spiro atoms. The van der Waals surface area contributed by atoms with Crippen LogP contribution in [0, 0.1) is 13.8 Å². The first-order valence-corrected chi connectivity index (χ1v) is 11.8. The zero-order valence-electron chi connectivity index (χ0n) is 19.7. The van der Waals surface area contributed by atoms with Gasteiger partial charge in [0.1, 0.15) is 6.04 Å². The Morgan fingerprint density at radius 1 is 0.889 bits per heavy atom. The van der Waals surface area contributed by atoms with E-state index in [4.69, 9.17) is 27.9 Å². The van der Waals surface area contributed by atoms with Gasteiger partial charge in [0.15, 0.2) is 0 Å². The molecule has 0 aliphatic carbocycles. The van der Waals surface area contributed by atoms with Gasteiger partial charge >= 0.3 is 5.97 Å². The van der Waals surface area contributed by atoms with Crippen molar-refractivity contribution in [3.05, 3.63) is 98.5 Å². The average Bonchev–Trinajstić information content (AvgIpc) is 3.09. The Hall–Kier alpha value is -3.68. The number of benzene rings is 3. The molecule has 36 heavy (non-hydrogen) atoms. The molecule has 4 rings (SSSR count). The van der Waals surface area contributed by atoms with Gasteiger partial charge < -0.3 is 10.1 Å². The molecule has 3 aromatic rings. The van der Waals surface area contributed by atoms with Crippen LogP contribution in [-0.4, -0.2) is 34.6 Å². The molecule has 2 unspecified atom stereocenters. The highest BCUT2D eigenvalue weighted by molar-refractivity contribution is 6.35. The number of hydrogen-bond donors (Lipinski definition) is 1. The molecule has 0 aromatic heterocycles. The topological polar surface area (TPSA) is 92.8 Å². The van der Waals surface area contributed by atoms with Crippen molar-refractivity contribution in [3.8, 4) is 0 Å². The number of imide groups is 1. The zero-order valence-corrected chi connectivity index (χ0v) is 21.2. The van der Waals surface area contributed by atoms with E-state index in [1.807, 2.05) is 32.0 Å². The van der Waals surface area contributed by atoms with E-state index in [0.717, 1.165) is 16.0 Å². The maximum Gasteiger partial charge on any atom is 0.330 e. The molecule has 2 atom stereocenters. The van der Waals surface area contributed by atoms with Crippen molar-refractivity contribution in [2.75, 3.05) is 5.32 Å². The first-order valence-electron chi connectivity index (χ1n) is 11.1. The van der Waals surface area contributed by atoms with Crippen LogP contribution in [0.15, 0.2) is 60.7 Å². The highest BCUT2D eigenvalue weighted by Crippen LogP contribution is 2.32. The third kappa shape index (κ3) is 4.72. The fourth-order valence-corrected chi connectivity index (χ4v) is 4.56. The number of nitrogens with zero attached hydrogens (tertiary/aromatic N) is 1. The summed E-state index contributed by atoms with van der Waals surface area (Å²) in [6, 6.07) is 15.0. The van der Waals surface area contributed by atoms with Gasteiger partial charge in [0.05, 0.1) is 11.1 Å². The van der Waals surface area contributed by atoms with Gasteiger partial charge in [-0.1, -0.05) is 59.6 Å². The van der Waals surface area contributed by atoms with Crippen LogP contribution in [0.2, 0.25) is 10.0 Å². The smallest absolute Gasteiger partial charge is 0.330 e. The van der Waals surface area contributed by atoms with Gasteiger partial charge in [-0.15, -0.1) is 0 Å². The molecule has 7 nitrogen and oxygen atoms in total. The molecule has 9 heteroatoms. The quantitative estimate of drug-likeness (QED) is 0.338. The summed E-state index contributed by atoms with van der Waals surface area (Å²) in [6.07, 6.45) is -1.47. The summed E-state index contributed by atoms with van der Waals surface area (Å²) in [4.78, 5) is 53.1. The standard InChI is InChI=1S/C27H22Cl2N2O5/c1-14-7-6-8-15(2)22(14)30-24(32)23(20-12-11-17(28)13-21(20)29)36-27(35)16(3)31-25(33)18-9-4-5-10-19(18)26(31)34/h4-13,16,23H,1-3H3,(H,30,32). The molecular weight excluding hydrogens is 503 g/mol. The third-order valence-electron chi connectivity index (χ3n) is 6.00. The highest BCUT2D eigenvalue weighted by Gasteiger charge is 2.42. The van der Waals surface area contributed by atoms with Crippen LogP contribution < -0.4 is 5.32 Å². The van der Waals surface area contributed by atoms with Gasteiger partial charge in [0.25, 0.3) is 17.7 Å². The van der Waals surface area contributed by atoms with Crippen LogP contribution in [0.1, 0.15) is 50.4 Å². The average molecular weight is 525 g/mol. The minimum atomic E-state index is -1.47. The van der Waals surface area contributed by atoms with Gasteiger partial charge in [0.2, 0.25) is 6.10 Å². The highest BCUT2D eigenvalue weighted by atomic mass is 35.5. The summed E-state index contributed by atoms with van der Waals surface area (Å²) >= 11 is 12.4. The largest absolute Gasteiger partial charge is 0.446 e. The van der Waals surface area contributed by atoms with E-state index >= 15 is 0 Å². The number of hydrogen-bond acceptors (Lipinski definition) is 5. The molecule has 1 N–H and O–H groups in total. The lowest BCUT2D eigenvalue weighted by Gasteiger charge is -2.25. The Balaban J connectivity index is 1.64. The summed E-state index contributed by atoms with van der Waals surface area (Å²) in [7, 11) is 0. The Bertz CT molecular complexity index is 1350. The molecule has 3 amide bonds. The van der Waals surface area contributed by atoms with E-state index in [1.54, 1.807) is 12.1 Å². The Labute approximate surface area is 218 Å². The number of carbonyl (C=O) groups excluding carboxylic acids is 4. The first kappa shape index (κ1) is 25.4. The Morgan fingerprint density at radius 3 is 2.03 bits per heavy atom. The number of esters is 1.